The summed E-state index contributed by atoms with van der Waals surface area (Å²) in [6, 6.07) is 19.9. The first kappa shape index (κ1) is 22.7. The molecule has 1 fully saturated rings. The molecule has 1 aromatic heterocycles. The van der Waals surface area contributed by atoms with Crippen LogP contribution in [0.2, 0.25) is 0 Å². The third-order valence-electron chi connectivity index (χ3n) is 6.14. The molecule has 1 unspecified atom stereocenters. The third kappa shape index (κ3) is 5.63. The number of anilines is 1. The lowest BCUT2D eigenvalue weighted by molar-refractivity contribution is 0.307. The van der Waals surface area contributed by atoms with E-state index in [1.54, 1.807) is 0 Å². The molecule has 5 heteroatoms. The highest BCUT2D eigenvalue weighted by atomic mass is 32.2. The molecular weight excluding hydrogens is 412 g/mol. The Hall–Kier alpha value is -2.52. The van der Waals surface area contributed by atoms with E-state index < -0.39 is 0 Å². The molecule has 0 saturated carbocycles. The minimum atomic E-state index is 0.151. The Morgan fingerprint density at radius 2 is 1.88 bits per heavy atom. The van der Waals surface area contributed by atoms with Gasteiger partial charge in [-0.3, -0.25) is 4.31 Å². The predicted molar refractivity (Wildman–Crippen MR) is 141 cm³/mol. The lowest BCUT2D eigenvalue weighted by Crippen LogP contribution is -2.40. The van der Waals surface area contributed by atoms with Crippen molar-refractivity contribution in [2.24, 2.45) is 0 Å². The molecule has 4 nitrogen and oxygen atoms in total. The number of hydrogen-bond donors (Lipinski definition) is 2. The van der Waals surface area contributed by atoms with Crippen LogP contribution in [0.5, 0.6) is 0 Å². The van der Waals surface area contributed by atoms with E-state index in [1.165, 1.54) is 29.3 Å². The van der Waals surface area contributed by atoms with Crippen molar-refractivity contribution in [3.63, 3.8) is 0 Å². The van der Waals surface area contributed by atoms with Gasteiger partial charge in [-0.05, 0) is 67.8 Å². The Morgan fingerprint density at radius 1 is 1.09 bits per heavy atom. The van der Waals surface area contributed by atoms with E-state index in [4.69, 9.17) is 0 Å². The number of rotatable bonds is 7. The largest absolute Gasteiger partial charge is 0.374 e. The van der Waals surface area contributed by atoms with E-state index in [0.29, 0.717) is 12.6 Å². The van der Waals surface area contributed by atoms with E-state index in [-0.39, 0.29) is 10.7 Å². The zero-order valence-corrected chi connectivity index (χ0v) is 20.0. The Kier molecular flexibility index (Phi) is 7.70. The Morgan fingerprint density at radius 3 is 2.59 bits per heavy atom. The Balaban J connectivity index is 1.39. The first-order valence-electron chi connectivity index (χ1n) is 11.5. The average molecular weight is 447 g/mol. The molecule has 32 heavy (non-hydrogen) atoms. The van der Waals surface area contributed by atoms with Crippen LogP contribution < -0.4 is 10.6 Å². The summed E-state index contributed by atoms with van der Waals surface area (Å²) >= 11 is 0. The van der Waals surface area contributed by atoms with Gasteiger partial charge < -0.3 is 15.2 Å². The quantitative estimate of drug-likeness (QED) is 0.399. The van der Waals surface area contributed by atoms with Crippen molar-refractivity contribution in [2.75, 3.05) is 31.2 Å². The number of para-hydroxylation sites is 1. The van der Waals surface area contributed by atoms with Crippen LogP contribution in [0.4, 0.5) is 5.69 Å². The fourth-order valence-corrected chi connectivity index (χ4v) is 5.18. The lowest BCUT2D eigenvalue weighted by Gasteiger charge is -2.32. The van der Waals surface area contributed by atoms with E-state index in [0.717, 1.165) is 37.6 Å². The van der Waals surface area contributed by atoms with Gasteiger partial charge in [0.1, 0.15) is 0 Å². The summed E-state index contributed by atoms with van der Waals surface area (Å²) in [6.07, 6.45) is 4.62. The topological polar surface area (TPSA) is 32.2 Å². The maximum absolute atomic E-state index is 4.18. The normalized spacial score (nSPS) is 15.9. The number of piperidine rings is 1. The highest BCUT2D eigenvalue weighted by Gasteiger charge is 2.18. The zero-order chi connectivity index (χ0) is 22.3. The van der Waals surface area contributed by atoms with Crippen LogP contribution in [-0.4, -0.2) is 46.7 Å². The minimum absolute atomic E-state index is 0.151. The summed E-state index contributed by atoms with van der Waals surface area (Å²) < 4.78 is 4.80. The van der Waals surface area contributed by atoms with Crippen LogP contribution >= 0.6 is 10.7 Å². The van der Waals surface area contributed by atoms with Crippen LogP contribution in [0.3, 0.4) is 0 Å². The Bertz CT molecular complexity index is 1120. The smallest absolute Gasteiger partial charge is 0.0931 e. The molecule has 168 valence electrons. The molecule has 1 saturated heterocycles. The van der Waals surface area contributed by atoms with Gasteiger partial charge in [-0.15, -0.1) is 10.7 Å². The van der Waals surface area contributed by atoms with Gasteiger partial charge in [0.15, 0.2) is 0 Å². The first-order chi connectivity index (χ1) is 15.6. The molecule has 0 radical (unpaired) electrons. The highest BCUT2D eigenvalue weighted by molar-refractivity contribution is 8.11. The second kappa shape index (κ2) is 10.9. The van der Waals surface area contributed by atoms with Crippen molar-refractivity contribution < 1.29 is 0 Å². The van der Waals surface area contributed by atoms with Crippen molar-refractivity contribution in [3.05, 3.63) is 65.9 Å². The summed E-state index contributed by atoms with van der Waals surface area (Å²) in [6.45, 7) is 6.96. The molecule has 2 aromatic carbocycles. The van der Waals surface area contributed by atoms with Crippen LogP contribution in [0.15, 0.2) is 54.6 Å². The van der Waals surface area contributed by atoms with Gasteiger partial charge in [0.25, 0.3) is 0 Å². The SMILES string of the molecule is C=S(C)N1CCC(NCc2ccc3c(c2)cc(C#CCNc2ccccc2)n3CC)CC1. The van der Waals surface area contributed by atoms with Crippen LogP contribution in [0.25, 0.3) is 10.9 Å². The molecular formula is C27H34N4S. The molecule has 0 amide bonds. The summed E-state index contributed by atoms with van der Waals surface area (Å²) in [4.78, 5) is 0. The van der Waals surface area contributed by atoms with Crippen LogP contribution in [0.1, 0.15) is 31.0 Å². The summed E-state index contributed by atoms with van der Waals surface area (Å²) in [5.41, 5.74) is 4.78. The van der Waals surface area contributed by atoms with Crippen molar-refractivity contribution in [1.82, 2.24) is 14.2 Å². The molecule has 2 N–H and O–H groups in total. The number of aromatic nitrogens is 1. The number of nitrogens with one attached hydrogen (secondary N) is 2. The zero-order valence-electron chi connectivity index (χ0n) is 19.2. The molecule has 0 spiro atoms. The highest BCUT2D eigenvalue weighted by Crippen LogP contribution is 2.23. The van der Waals surface area contributed by atoms with Gasteiger partial charge in [-0.1, -0.05) is 36.1 Å². The van der Waals surface area contributed by atoms with Gasteiger partial charge >= 0.3 is 0 Å². The predicted octanol–water partition coefficient (Wildman–Crippen LogP) is 4.92. The van der Waals surface area contributed by atoms with Crippen LogP contribution in [0, 0.1) is 11.8 Å². The monoisotopic (exact) mass is 446 g/mol. The minimum Gasteiger partial charge on any atom is -0.374 e. The molecule has 0 bridgehead atoms. The van der Waals surface area contributed by atoms with Gasteiger partial charge in [0.2, 0.25) is 0 Å². The number of nitrogens with zero attached hydrogens (tertiary/aromatic N) is 2. The molecule has 3 aromatic rings. The molecule has 2 heterocycles. The number of hydrogen-bond acceptors (Lipinski definition) is 3. The maximum Gasteiger partial charge on any atom is 0.0931 e. The van der Waals surface area contributed by atoms with E-state index in [1.807, 2.05) is 18.2 Å². The fraction of sp³-hybridized carbons (Fsp3) is 0.370. The van der Waals surface area contributed by atoms with E-state index in [2.05, 4.69) is 86.8 Å². The second-order valence-corrected chi connectivity index (χ2v) is 10.1. The van der Waals surface area contributed by atoms with E-state index >= 15 is 0 Å². The summed E-state index contributed by atoms with van der Waals surface area (Å²) in [7, 11) is 0.151. The number of fused-ring (bicyclic) bond motifs is 1. The molecule has 4 rings (SSSR count). The maximum atomic E-state index is 4.18. The molecule has 1 aliphatic rings. The van der Waals surface area contributed by atoms with Crippen LogP contribution in [-0.2, 0) is 13.1 Å². The lowest BCUT2D eigenvalue weighted by atomic mass is 10.1. The van der Waals surface area contributed by atoms with Crippen molar-refractivity contribution in [2.45, 2.75) is 38.9 Å². The van der Waals surface area contributed by atoms with Gasteiger partial charge in [-0.2, -0.15) is 0 Å². The summed E-state index contributed by atoms with van der Waals surface area (Å²) in [5.74, 6) is 10.8. The van der Waals surface area contributed by atoms with Crippen molar-refractivity contribution in [3.8, 4) is 11.8 Å². The van der Waals surface area contributed by atoms with Gasteiger partial charge in [0.05, 0.1) is 12.2 Å². The number of aryl methyl sites for hydroxylation is 1. The Labute approximate surface area is 195 Å². The second-order valence-electron chi connectivity index (χ2n) is 8.37. The van der Waals surface area contributed by atoms with Crippen molar-refractivity contribution in [1.29, 1.82) is 0 Å². The third-order valence-corrected chi connectivity index (χ3v) is 7.39. The summed E-state index contributed by atoms with van der Waals surface area (Å²) in [5, 5.41) is 8.39. The van der Waals surface area contributed by atoms with Gasteiger partial charge in [-0.25, -0.2) is 0 Å². The van der Waals surface area contributed by atoms with Crippen molar-refractivity contribution >= 4 is 33.1 Å². The number of benzene rings is 2. The van der Waals surface area contributed by atoms with E-state index in [9.17, 15) is 0 Å². The average Bonchev–Trinajstić information content (AvgIpc) is 3.18. The molecule has 1 atom stereocenters. The van der Waals surface area contributed by atoms with Gasteiger partial charge in [0, 0.05) is 48.8 Å². The fourth-order valence-electron chi connectivity index (χ4n) is 4.35. The molecule has 0 aliphatic carbocycles. The standard InChI is InChI=1S/C27H34N4S/c1-4-31-26(11-8-16-28-24-9-6-5-7-10-24)20-23-19-22(12-13-27(23)31)21-29-25-14-17-30(18-15-25)32(2)3/h5-7,9-10,12-13,19-20,25,28-29H,2,4,14-18,21H2,1,3H3. The molecule has 1 aliphatic heterocycles. The first-order valence-corrected chi connectivity index (χ1v) is 13.2.